The molecule has 0 aromatic heterocycles. The van der Waals surface area contributed by atoms with Gasteiger partial charge >= 0.3 is 6.09 Å². The Balaban J connectivity index is 1.71. The molecule has 0 bridgehead atoms. The predicted molar refractivity (Wildman–Crippen MR) is 106 cm³/mol. The fourth-order valence-electron chi connectivity index (χ4n) is 3.08. The molecule has 27 heavy (non-hydrogen) atoms. The number of benzene rings is 1. The summed E-state index contributed by atoms with van der Waals surface area (Å²) in [6, 6.07) is 7.49. The second kappa shape index (κ2) is 10.8. The summed E-state index contributed by atoms with van der Waals surface area (Å²) in [5.74, 6) is 6.34. The first-order valence-electron chi connectivity index (χ1n) is 9.13. The Morgan fingerprint density at radius 2 is 1.96 bits per heavy atom. The summed E-state index contributed by atoms with van der Waals surface area (Å²) in [4.78, 5) is 26.3. The third-order valence-electron chi connectivity index (χ3n) is 4.70. The topological polar surface area (TPSA) is 72.9 Å². The molecular weight excluding hydrogens is 366 g/mol. The minimum absolute atomic E-state index is 0.105. The molecule has 2 amide bonds. The van der Waals surface area contributed by atoms with Crippen LogP contribution in [0, 0.1) is 17.8 Å². The van der Waals surface area contributed by atoms with Gasteiger partial charge in [0, 0.05) is 37.1 Å². The van der Waals surface area contributed by atoms with Crippen LogP contribution in [0.4, 0.5) is 4.79 Å². The van der Waals surface area contributed by atoms with E-state index < -0.39 is 6.09 Å². The summed E-state index contributed by atoms with van der Waals surface area (Å²) in [6.07, 6.45) is 1.62. The second-order valence-corrected chi connectivity index (χ2v) is 7.12. The Hall–Kier alpha value is -2.23. The first kappa shape index (κ1) is 21.1. The van der Waals surface area contributed by atoms with Crippen LogP contribution in [0.1, 0.15) is 24.8 Å². The molecule has 1 heterocycles. The molecule has 1 aliphatic rings. The fraction of sp³-hybridized carbons (Fsp3) is 0.500. The molecule has 1 aromatic carbocycles. The summed E-state index contributed by atoms with van der Waals surface area (Å²) < 4.78 is 0. The van der Waals surface area contributed by atoms with Crippen molar-refractivity contribution < 1.29 is 14.7 Å². The van der Waals surface area contributed by atoms with Gasteiger partial charge in [-0.05, 0) is 56.1 Å². The fourth-order valence-corrected chi connectivity index (χ4v) is 3.20. The lowest BCUT2D eigenvalue weighted by Crippen LogP contribution is -2.44. The van der Waals surface area contributed by atoms with E-state index >= 15 is 0 Å². The molecule has 0 aliphatic carbocycles. The van der Waals surface area contributed by atoms with E-state index in [1.807, 2.05) is 24.3 Å². The van der Waals surface area contributed by atoms with Crippen LogP contribution in [-0.4, -0.2) is 66.7 Å². The monoisotopic (exact) mass is 391 g/mol. The van der Waals surface area contributed by atoms with Crippen LogP contribution in [-0.2, 0) is 4.79 Å². The highest BCUT2D eigenvalue weighted by molar-refractivity contribution is 6.30. The average Bonchev–Trinajstić information content (AvgIpc) is 2.67. The normalized spacial score (nSPS) is 14.9. The van der Waals surface area contributed by atoms with Gasteiger partial charge in [-0.15, -0.1) is 0 Å². The maximum absolute atomic E-state index is 11.4. The van der Waals surface area contributed by atoms with Gasteiger partial charge in [0.05, 0.1) is 0 Å². The van der Waals surface area contributed by atoms with Gasteiger partial charge in [-0.1, -0.05) is 23.4 Å². The van der Waals surface area contributed by atoms with E-state index in [0.29, 0.717) is 17.5 Å². The number of hydrogen-bond acceptors (Lipinski definition) is 3. The van der Waals surface area contributed by atoms with E-state index in [2.05, 4.69) is 22.1 Å². The molecule has 2 rings (SSSR count). The number of likely N-dealkylation sites (N-methyl/N-ethyl adjacent to an activating group) is 1. The molecule has 1 fully saturated rings. The highest BCUT2D eigenvalue weighted by Gasteiger charge is 2.24. The first-order chi connectivity index (χ1) is 13.0. The molecule has 0 radical (unpaired) electrons. The minimum atomic E-state index is -1.04. The lowest BCUT2D eigenvalue weighted by molar-refractivity contribution is -0.121. The Labute approximate surface area is 165 Å². The van der Waals surface area contributed by atoms with E-state index in [9.17, 15) is 14.7 Å². The van der Waals surface area contributed by atoms with Gasteiger partial charge in [0.25, 0.3) is 0 Å². The number of carbonyl (C=O) groups excluding carboxylic acids is 1. The number of piperidine rings is 1. The van der Waals surface area contributed by atoms with Crippen LogP contribution < -0.4 is 5.32 Å². The Morgan fingerprint density at radius 3 is 2.56 bits per heavy atom. The lowest BCUT2D eigenvalue weighted by Gasteiger charge is -2.33. The van der Waals surface area contributed by atoms with Crippen molar-refractivity contribution in [3.05, 3.63) is 34.9 Å². The Morgan fingerprint density at radius 1 is 1.30 bits per heavy atom. The summed E-state index contributed by atoms with van der Waals surface area (Å²) in [5, 5.41) is 12.4. The number of hydrogen-bond donors (Lipinski definition) is 2. The maximum Gasteiger partial charge on any atom is 0.407 e. The van der Waals surface area contributed by atoms with Gasteiger partial charge in [-0.3, -0.25) is 9.69 Å². The first-order valence-corrected chi connectivity index (χ1v) is 9.51. The lowest BCUT2D eigenvalue weighted by atomic mass is 9.96. The van der Waals surface area contributed by atoms with E-state index in [4.69, 9.17) is 11.6 Å². The van der Waals surface area contributed by atoms with Gasteiger partial charge in [-0.25, -0.2) is 4.79 Å². The molecule has 1 aromatic rings. The molecule has 2 N–H and O–H groups in total. The second-order valence-electron chi connectivity index (χ2n) is 6.68. The van der Waals surface area contributed by atoms with Gasteiger partial charge in [0.15, 0.2) is 0 Å². The van der Waals surface area contributed by atoms with Crippen LogP contribution in [0.25, 0.3) is 0 Å². The van der Waals surface area contributed by atoms with Crippen molar-refractivity contribution in [3.8, 4) is 11.8 Å². The molecule has 0 spiro atoms. The zero-order valence-corrected chi connectivity index (χ0v) is 16.3. The average molecular weight is 392 g/mol. The van der Waals surface area contributed by atoms with E-state index in [1.54, 1.807) is 0 Å². The highest BCUT2D eigenvalue weighted by atomic mass is 35.5. The van der Waals surface area contributed by atoms with Crippen LogP contribution in [0.5, 0.6) is 0 Å². The smallest absolute Gasteiger partial charge is 0.407 e. The maximum atomic E-state index is 11.4. The third kappa shape index (κ3) is 7.49. The van der Waals surface area contributed by atoms with Crippen molar-refractivity contribution >= 4 is 23.6 Å². The van der Waals surface area contributed by atoms with Crippen molar-refractivity contribution in [2.45, 2.75) is 19.3 Å². The van der Waals surface area contributed by atoms with Crippen molar-refractivity contribution in [3.63, 3.8) is 0 Å². The molecule has 1 saturated heterocycles. The number of carbonyl (C=O) groups is 2. The van der Waals surface area contributed by atoms with Crippen molar-refractivity contribution in [1.29, 1.82) is 0 Å². The minimum Gasteiger partial charge on any atom is -0.465 e. The zero-order valence-electron chi connectivity index (χ0n) is 15.6. The van der Waals surface area contributed by atoms with Gasteiger partial charge in [-0.2, -0.15) is 0 Å². The number of amides is 2. The Bertz CT molecular complexity index is 689. The molecule has 7 heteroatoms. The predicted octanol–water partition coefficient (Wildman–Crippen LogP) is 2.52. The molecule has 0 saturated carbocycles. The number of likely N-dealkylation sites (tertiary alicyclic amines) is 1. The molecule has 0 unspecified atom stereocenters. The van der Waals surface area contributed by atoms with Gasteiger partial charge in [0.1, 0.15) is 6.54 Å². The Kier molecular flexibility index (Phi) is 8.43. The van der Waals surface area contributed by atoms with Crippen LogP contribution in [0.15, 0.2) is 24.3 Å². The van der Waals surface area contributed by atoms with E-state index in [0.717, 1.165) is 44.5 Å². The summed E-state index contributed by atoms with van der Waals surface area (Å²) in [7, 11) is 1.51. The number of carboxylic acid groups (broad SMARTS) is 1. The van der Waals surface area contributed by atoms with E-state index in [1.165, 1.54) is 11.9 Å². The highest BCUT2D eigenvalue weighted by Crippen LogP contribution is 2.18. The van der Waals surface area contributed by atoms with Crippen molar-refractivity contribution in [2.75, 3.05) is 39.8 Å². The zero-order chi connectivity index (χ0) is 19.6. The molecule has 1 aliphatic heterocycles. The number of nitrogens with zero attached hydrogens (tertiary/aromatic N) is 2. The largest absolute Gasteiger partial charge is 0.465 e. The van der Waals surface area contributed by atoms with Crippen molar-refractivity contribution in [2.24, 2.45) is 5.92 Å². The number of nitrogens with one attached hydrogen (secondary N) is 1. The molecule has 0 atom stereocenters. The number of rotatable bonds is 6. The third-order valence-corrected chi connectivity index (χ3v) is 4.95. The van der Waals surface area contributed by atoms with E-state index in [-0.39, 0.29) is 12.5 Å². The quantitative estimate of drug-likeness (QED) is 0.731. The number of halogens is 1. The molecule has 146 valence electrons. The van der Waals surface area contributed by atoms with Crippen molar-refractivity contribution in [1.82, 2.24) is 15.1 Å². The van der Waals surface area contributed by atoms with Crippen LogP contribution >= 0.6 is 11.6 Å². The van der Waals surface area contributed by atoms with Gasteiger partial charge < -0.3 is 15.3 Å². The SMILES string of the molecule is CNC(=O)CN(CC1CCN(CCC#Cc2ccc(Cl)cc2)CC1)C(=O)O. The summed E-state index contributed by atoms with van der Waals surface area (Å²) >= 11 is 5.86. The standard InChI is InChI=1S/C20H26ClN3O3/c1-22-19(25)15-24(20(26)27)14-17-9-12-23(13-10-17)11-3-2-4-16-5-7-18(21)8-6-16/h5-8,17H,3,9-15H2,1H3,(H,22,25)(H,26,27). The molecule has 6 nitrogen and oxygen atoms in total. The van der Waals surface area contributed by atoms with Crippen LogP contribution in [0.2, 0.25) is 5.02 Å². The summed E-state index contributed by atoms with van der Waals surface area (Å²) in [6.45, 7) is 3.08. The summed E-state index contributed by atoms with van der Waals surface area (Å²) in [5.41, 5.74) is 0.961. The van der Waals surface area contributed by atoms with Crippen LogP contribution in [0.3, 0.4) is 0 Å². The molecular formula is C20H26ClN3O3. The van der Waals surface area contributed by atoms with Gasteiger partial charge in [0.2, 0.25) is 5.91 Å².